The van der Waals surface area contributed by atoms with Gasteiger partial charge in [0.1, 0.15) is 5.75 Å². The fourth-order valence-corrected chi connectivity index (χ4v) is 2.78. The van der Waals surface area contributed by atoms with Crippen LogP contribution in [-0.4, -0.2) is 69.6 Å². The van der Waals surface area contributed by atoms with Crippen LogP contribution in [0.2, 0.25) is 0 Å². The van der Waals surface area contributed by atoms with Crippen LogP contribution >= 0.6 is 0 Å². The lowest BCUT2D eigenvalue weighted by molar-refractivity contribution is 0.0893. The summed E-state index contributed by atoms with van der Waals surface area (Å²) in [6.45, 7) is 7.50. The summed E-state index contributed by atoms with van der Waals surface area (Å²) < 4.78 is 11.0. The summed E-state index contributed by atoms with van der Waals surface area (Å²) in [7, 11) is 0. The van der Waals surface area contributed by atoms with E-state index in [4.69, 9.17) is 9.47 Å². The first-order valence-corrected chi connectivity index (χ1v) is 9.94. The third-order valence-corrected chi connectivity index (χ3v) is 4.29. The predicted octanol–water partition coefficient (Wildman–Crippen LogP) is 1.12. The Morgan fingerprint density at radius 2 is 2.11 bits per heavy atom. The van der Waals surface area contributed by atoms with Crippen molar-refractivity contribution in [2.24, 2.45) is 10.9 Å². The second-order valence-corrected chi connectivity index (χ2v) is 6.62. The molecule has 0 radical (unpaired) electrons. The number of carbonyl (C=O) groups is 1. The minimum atomic E-state index is -0.299. The number of guanidine groups is 1. The van der Waals surface area contributed by atoms with Crippen molar-refractivity contribution in [2.45, 2.75) is 19.8 Å². The lowest BCUT2D eigenvalue weighted by Crippen LogP contribution is -2.41. The number of carbonyl (C=O) groups excluding carboxylic acids is 1. The van der Waals surface area contributed by atoms with Gasteiger partial charge in [-0.3, -0.25) is 9.79 Å². The molecule has 1 heterocycles. The van der Waals surface area contributed by atoms with Crippen LogP contribution in [0.1, 0.15) is 30.1 Å². The Kier molecular flexibility index (Phi) is 10.2. The van der Waals surface area contributed by atoms with Gasteiger partial charge >= 0.3 is 0 Å². The fraction of sp³-hybridized carbons (Fsp3) is 0.600. The van der Waals surface area contributed by atoms with E-state index in [0.29, 0.717) is 38.1 Å². The van der Waals surface area contributed by atoms with E-state index in [2.05, 4.69) is 20.9 Å². The maximum absolute atomic E-state index is 12.0. The Morgan fingerprint density at radius 1 is 1.29 bits per heavy atom. The Bertz CT molecular complexity index is 618. The summed E-state index contributed by atoms with van der Waals surface area (Å²) in [5, 5.41) is 18.8. The third-order valence-electron chi connectivity index (χ3n) is 4.29. The highest BCUT2D eigenvalue weighted by molar-refractivity contribution is 5.96. The van der Waals surface area contributed by atoms with Gasteiger partial charge in [-0.1, -0.05) is 12.1 Å². The summed E-state index contributed by atoms with van der Waals surface area (Å²) in [5.74, 6) is 0.927. The van der Waals surface area contributed by atoms with Gasteiger partial charge in [0.2, 0.25) is 0 Å². The molecule has 156 valence electrons. The number of phenols is 1. The molecule has 8 heteroatoms. The molecule has 0 aromatic heterocycles. The maximum atomic E-state index is 12.0. The largest absolute Gasteiger partial charge is 0.507 e. The van der Waals surface area contributed by atoms with Crippen LogP contribution in [-0.2, 0) is 9.47 Å². The summed E-state index contributed by atoms with van der Waals surface area (Å²) >= 11 is 0. The standard InChI is InChI=1S/C20H32N4O4/c1-2-21-20(23-9-5-12-27-14-16-8-13-28-15-16)24-11-10-22-19(26)17-6-3-4-7-18(17)25/h3-4,6-7,16,25H,2,5,8-15H2,1H3,(H,22,26)(H2,21,23,24). The Hall–Kier alpha value is -2.32. The average molecular weight is 393 g/mol. The zero-order valence-corrected chi connectivity index (χ0v) is 16.6. The topological polar surface area (TPSA) is 104 Å². The molecule has 1 aromatic carbocycles. The Morgan fingerprint density at radius 3 is 2.86 bits per heavy atom. The number of nitrogens with one attached hydrogen (secondary N) is 3. The van der Waals surface area contributed by atoms with Crippen LogP contribution < -0.4 is 16.0 Å². The number of nitrogens with zero attached hydrogens (tertiary/aromatic N) is 1. The number of rotatable bonds is 11. The molecule has 1 fully saturated rings. The molecule has 1 unspecified atom stereocenters. The van der Waals surface area contributed by atoms with Crippen molar-refractivity contribution in [3.05, 3.63) is 29.8 Å². The van der Waals surface area contributed by atoms with Gasteiger partial charge in [0.25, 0.3) is 5.91 Å². The molecule has 0 bridgehead atoms. The average Bonchev–Trinajstić information content (AvgIpc) is 3.21. The second kappa shape index (κ2) is 13.0. The molecular weight excluding hydrogens is 360 g/mol. The van der Waals surface area contributed by atoms with Gasteiger partial charge in [0.05, 0.1) is 18.8 Å². The van der Waals surface area contributed by atoms with Crippen LogP contribution in [0.4, 0.5) is 0 Å². The van der Waals surface area contributed by atoms with Gasteiger partial charge in [0, 0.05) is 45.3 Å². The van der Waals surface area contributed by atoms with Crippen molar-refractivity contribution in [1.29, 1.82) is 0 Å². The molecule has 1 aromatic rings. The second-order valence-electron chi connectivity index (χ2n) is 6.62. The normalized spacial score (nSPS) is 16.8. The van der Waals surface area contributed by atoms with Crippen LogP contribution in [0, 0.1) is 5.92 Å². The minimum absolute atomic E-state index is 0.0227. The molecule has 8 nitrogen and oxygen atoms in total. The van der Waals surface area contributed by atoms with E-state index in [1.165, 1.54) is 6.07 Å². The first kappa shape index (κ1) is 22.0. The van der Waals surface area contributed by atoms with Gasteiger partial charge in [-0.2, -0.15) is 0 Å². The first-order chi connectivity index (χ1) is 13.7. The molecule has 0 aliphatic carbocycles. The molecule has 1 saturated heterocycles. The lowest BCUT2D eigenvalue weighted by atomic mass is 10.1. The van der Waals surface area contributed by atoms with Gasteiger partial charge < -0.3 is 30.5 Å². The molecule has 28 heavy (non-hydrogen) atoms. The van der Waals surface area contributed by atoms with E-state index in [1.807, 2.05) is 6.92 Å². The summed E-state index contributed by atoms with van der Waals surface area (Å²) in [4.78, 5) is 16.5. The van der Waals surface area contributed by atoms with Crippen molar-refractivity contribution in [3.63, 3.8) is 0 Å². The number of amides is 1. The van der Waals surface area contributed by atoms with Gasteiger partial charge in [-0.05, 0) is 31.9 Å². The monoisotopic (exact) mass is 392 g/mol. The maximum Gasteiger partial charge on any atom is 0.255 e. The Labute approximate surface area is 166 Å². The highest BCUT2D eigenvalue weighted by Gasteiger charge is 2.15. The van der Waals surface area contributed by atoms with Crippen molar-refractivity contribution in [2.75, 3.05) is 52.6 Å². The van der Waals surface area contributed by atoms with Crippen LogP contribution in [0.25, 0.3) is 0 Å². The molecule has 1 aliphatic rings. The lowest BCUT2D eigenvalue weighted by Gasteiger charge is -2.12. The zero-order valence-electron chi connectivity index (χ0n) is 16.6. The predicted molar refractivity (Wildman–Crippen MR) is 109 cm³/mol. The van der Waals surface area contributed by atoms with Gasteiger partial charge in [-0.25, -0.2) is 0 Å². The molecule has 2 rings (SSSR count). The van der Waals surface area contributed by atoms with Crippen LogP contribution in [0.15, 0.2) is 29.3 Å². The number of hydrogen-bond acceptors (Lipinski definition) is 5. The van der Waals surface area contributed by atoms with Gasteiger partial charge in [-0.15, -0.1) is 0 Å². The van der Waals surface area contributed by atoms with Crippen molar-refractivity contribution in [3.8, 4) is 5.75 Å². The minimum Gasteiger partial charge on any atom is -0.507 e. The number of hydrogen-bond donors (Lipinski definition) is 4. The summed E-state index contributed by atoms with van der Waals surface area (Å²) in [6, 6.07) is 6.48. The number of ether oxygens (including phenoxy) is 2. The van der Waals surface area contributed by atoms with Crippen molar-refractivity contribution in [1.82, 2.24) is 16.0 Å². The highest BCUT2D eigenvalue weighted by Crippen LogP contribution is 2.14. The molecule has 0 spiro atoms. The molecule has 0 saturated carbocycles. The van der Waals surface area contributed by atoms with Crippen molar-refractivity contribution >= 4 is 11.9 Å². The quantitative estimate of drug-likeness (QED) is 0.256. The number of aromatic hydroxyl groups is 1. The smallest absolute Gasteiger partial charge is 0.255 e. The number of aliphatic imine (C=N–C) groups is 1. The first-order valence-electron chi connectivity index (χ1n) is 9.94. The molecule has 4 N–H and O–H groups in total. The van der Waals surface area contributed by atoms with E-state index in [9.17, 15) is 9.90 Å². The fourth-order valence-electron chi connectivity index (χ4n) is 2.78. The number of para-hydroxylation sites is 1. The molecule has 1 amide bonds. The van der Waals surface area contributed by atoms with Crippen molar-refractivity contribution < 1.29 is 19.4 Å². The van der Waals surface area contributed by atoms with E-state index in [0.717, 1.165) is 39.2 Å². The van der Waals surface area contributed by atoms with E-state index >= 15 is 0 Å². The van der Waals surface area contributed by atoms with Crippen LogP contribution in [0.3, 0.4) is 0 Å². The Balaban J connectivity index is 1.59. The van der Waals surface area contributed by atoms with E-state index in [-0.39, 0.29) is 17.2 Å². The zero-order chi connectivity index (χ0) is 20.0. The number of benzene rings is 1. The van der Waals surface area contributed by atoms with E-state index < -0.39 is 0 Å². The van der Waals surface area contributed by atoms with Gasteiger partial charge in [0.15, 0.2) is 5.96 Å². The highest BCUT2D eigenvalue weighted by atomic mass is 16.5. The molecule has 1 atom stereocenters. The van der Waals surface area contributed by atoms with E-state index in [1.54, 1.807) is 18.2 Å². The summed E-state index contributed by atoms with van der Waals surface area (Å²) in [6.07, 6.45) is 1.95. The third kappa shape index (κ3) is 8.14. The summed E-state index contributed by atoms with van der Waals surface area (Å²) in [5.41, 5.74) is 0.271. The molecule has 1 aliphatic heterocycles. The molecular formula is C20H32N4O4. The van der Waals surface area contributed by atoms with Crippen LogP contribution in [0.5, 0.6) is 5.75 Å². The number of phenolic OH excluding ortho intramolecular Hbond substituents is 1. The SMILES string of the molecule is CCNC(=NCCCOCC1CCOC1)NCCNC(=O)c1ccccc1O.